The Morgan fingerprint density at radius 2 is 2.00 bits per heavy atom. The van der Waals surface area contributed by atoms with Crippen molar-refractivity contribution in [1.82, 2.24) is 15.2 Å². The van der Waals surface area contributed by atoms with E-state index < -0.39 is 0 Å². The Hall–Kier alpha value is -2.66. The highest BCUT2D eigenvalue weighted by Gasteiger charge is 2.25. The van der Waals surface area contributed by atoms with Crippen LogP contribution in [0.1, 0.15) is 24.8 Å². The van der Waals surface area contributed by atoms with Crippen molar-refractivity contribution in [1.29, 1.82) is 0 Å². The number of amides is 1. The highest BCUT2D eigenvalue weighted by molar-refractivity contribution is 5.85. The van der Waals surface area contributed by atoms with Crippen molar-refractivity contribution in [2.75, 3.05) is 13.6 Å². The maximum Gasteiger partial charge on any atom is 0.237 e. The summed E-state index contributed by atoms with van der Waals surface area (Å²) in [5, 5.41) is 4.04. The van der Waals surface area contributed by atoms with E-state index in [2.05, 4.69) is 21.3 Å². The molecule has 1 fully saturated rings. The zero-order valence-electron chi connectivity index (χ0n) is 15.5. The van der Waals surface area contributed by atoms with Gasteiger partial charge in [-0.2, -0.15) is 0 Å². The number of carbonyl (C=O) groups is 1. The molecule has 2 aromatic carbocycles. The van der Waals surface area contributed by atoms with Gasteiger partial charge in [-0.25, -0.2) is 4.39 Å². The van der Waals surface area contributed by atoms with E-state index >= 15 is 0 Å². The van der Waals surface area contributed by atoms with E-state index in [4.69, 9.17) is 0 Å². The number of piperidine rings is 1. The Morgan fingerprint density at radius 3 is 2.85 bits per heavy atom. The first kappa shape index (κ1) is 17.7. The quantitative estimate of drug-likeness (QED) is 0.732. The van der Waals surface area contributed by atoms with Crippen molar-refractivity contribution in [3.63, 3.8) is 0 Å². The largest absolute Gasteiger partial charge is 0.361 e. The predicted molar refractivity (Wildman–Crippen MR) is 106 cm³/mol. The Labute approximate surface area is 158 Å². The lowest BCUT2D eigenvalue weighted by Crippen LogP contribution is -2.47. The van der Waals surface area contributed by atoms with Crippen LogP contribution in [0.4, 0.5) is 4.39 Å². The Kier molecular flexibility index (Phi) is 4.94. The van der Waals surface area contributed by atoms with Crippen LogP contribution in [-0.2, 0) is 11.3 Å². The van der Waals surface area contributed by atoms with Gasteiger partial charge in [-0.3, -0.25) is 9.69 Å². The van der Waals surface area contributed by atoms with E-state index in [1.54, 1.807) is 6.07 Å². The zero-order chi connectivity index (χ0) is 18.8. The molecule has 1 saturated heterocycles. The third-order valence-electron chi connectivity index (χ3n) is 5.46. The van der Waals surface area contributed by atoms with Gasteiger partial charge in [-0.1, -0.05) is 18.6 Å². The summed E-state index contributed by atoms with van der Waals surface area (Å²) in [5.74, 6) is -0.311. The van der Waals surface area contributed by atoms with Gasteiger partial charge in [0.25, 0.3) is 0 Å². The standard InChI is InChI=1S/C22H24FN3O/c1-26-11-3-2-4-21(26)22(27)25-14-18-13-15(5-7-19(18)23)16-6-8-20-17(12-16)9-10-24-20/h5-10,12-13,21,24H,2-4,11,14H2,1H3,(H,25,27). The molecule has 0 saturated carbocycles. The molecule has 0 spiro atoms. The van der Waals surface area contributed by atoms with Gasteiger partial charge >= 0.3 is 0 Å². The summed E-state index contributed by atoms with van der Waals surface area (Å²) in [7, 11) is 1.97. The van der Waals surface area contributed by atoms with Crippen molar-refractivity contribution in [3.05, 3.63) is 60.0 Å². The van der Waals surface area contributed by atoms with Gasteiger partial charge in [-0.05, 0) is 73.3 Å². The van der Waals surface area contributed by atoms with Gasteiger partial charge < -0.3 is 10.3 Å². The normalized spacial score (nSPS) is 17.9. The van der Waals surface area contributed by atoms with E-state index in [9.17, 15) is 9.18 Å². The van der Waals surface area contributed by atoms with Gasteiger partial charge in [0, 0.05) is 23.8 Å². The molecule has 1 amide bonds. The number of hydrogen-bond donors (Lipinski definition) is 2. The smallest absolute Gasteiger partial charge is 0.237 e. The molecule has 27 heavy (non-hydrogen) atoms. The van der Waals surface area contributed by atoms with Crippen LogP contribution >= 0.6 is 0 Å². The molecule has 0 aliphatic carbocycles. The number of aromatic nitrogens is 1. The Balaban J connectivity index is 1.51. The maximum atomic E-state index is 14.3. The maximum absolute atomic E-state index is 14.3. The molecule has 2 heterocycles. The number of fused-ring (bicyclic) bond motifs is 1. The lowest BCUT2D eigenvalue weighted by atomic mass is 10.0. The molecule has 4 rings (SSSR count). The second kappa shape index (κ2) is 7.53. The fourth-order valence-corrected chi connectivity index (χ4v) is 3.83. The number of likely N-dealkylation sites (tertiary alicyclic amines) is 1. The molecule has 1 atom stereocenters. The minimum Gasteiger partial charge on any atom is -0.361 e. The first-order valence-corrected chi connectivity index (χ1v) is 9.46. The summed E-state index contributed by atoms with van der Waals surface area (Å²) in [6, 6.07) is 13.1. The van der Waals surface area contributed by atoms with Crippen molar-refractivity contribution in [3.8, 4) is 11.1 Å². The van der Waals surface area contributed by atoms with Crippen molar-refractivity contribution in [2.45, 2.75) is 31.8 Å². The molecule has 4 nitrogen and oxygen atoms in total. The number of aromatic amines is 1. The van der Waals surface area contributed by atoms with Gasteiger partial charge in [0.05, 0.1) is 6.04 Å². The molecule has 5 heteroatoms. The molecular weight excluding hydrogens is 341 g/mol. The van der Waals surface area contributed by atoms with Crippen LogP contribution in [0.15, 0.2) is 48.7 Å². The van der Waals surface area contributed by atoms with E-state index in [1.807, 2.05) is 37.5 Å². The zero-order valence-corrected chi connectivity index (χ0v) is 15.5. The number of hydrogen-bond acceptors (Lipinski definition) is 2. The summed E-state index contributed by atoms with van der Waals surface area (Å²) in [6.45, 7) is 1.14. The highest BCUT2D eigenvalue weighted by Crippen LogP contribution is 2.26. The van der Waals surface area contributed by atoms with Crippen LogP contribution in [-0.4, -0.2) is 35.4 Å². The Morgan fingerprint density at radius 1 is 1.19 bits per heavy atom. The van der Waals surface area contributed by atoms with Gasteiger partial charge in [-0.15, -0.1) is 0 Å². The minimum absolute atomic E-state index is 0.0178. The summed E-state index contributed by atoms with van der Waals surface area (Å²) in [4.78, 5) is 17.7. The molecule has 3 aromatic rings. The van der Waals surface area contributed by atoms with Gasteiger partial charge in [0.15, 0.2) is 0 Å². The molecular formula is C22H24FN3O. The average Bonchev–Trinajstić information content (AvgIpc) is 3.15. The molecule has 1 aliphatic rings. The van der Waals surface area contributed by atoms with Crippen molar-refractivity contribution >= 4 is 16.8 Å². The first-order chi connectivity index (χ1) is 13.1. The molecule has 1 unspecified atom stereocenters. The van der Waals surface area contributed by atoms with Gasteiger partial charge in [0.1, 0.15) is 5.82 Å². The van der Waals surface area contributed by atoms with Crippen LogP contribution in [0.25, 0.3) is 22.0 Å². The molecule has 0 radical (unpaired) electrons. The Bertz CT molecular complexity index is 965. The first-order valence-electron chi connectivity index (χ1n) is 9.46. The second-order valence-electron chi connectivity index (χ2n) is 7.30. The molecule has 2 N–H and O–H groups in total. The summed E-state index contributed by atoms with van der Waals surface area (Å²) in [6.07, 6.45) is 4.96. The average molecular weight is 365 g/mol. The third-order valence-corrected chi connectivity index (χ3v) is 5.46. The monoisotopic (exact) mass is 365 g/mol. The van der Waals surface area contributed by atoms with Crippen LogP contribution in [0.2, 0.25) is 0 Å². The summed E-state index contributed by atoms with van der Waals surface area (Å²) >= 11 is 0. The van der Waals surface area contributed by atoms with E-state index in [1.165, 1.54) is 6.07 Å². The third kappa shape index (κ3) is 3.74. The van der Waals surface area contributed by atoms with E-state index in [0.717, 1.165) is 47.8 Å². The molecule has 1 aliphatic heterocycles. The lowest BCUT2D eigenvalue weighted by Gasteiger charge is -2.31. The topological polar surface area (TPSA) is 48.1 Å². The van der Waals surface area contributed by atoms with E-state index in [-0.39, 0.29) is 24.3 Å². The SMILES string of the molecule is CN1CCCCC1C(=O)NCc1cc(-c2ccc3[nH]ccc3c2)ccc1F. The minimum atomic E-state index is -0.293. The number of halogens is 1. The number of nitrogens with zero attached hydrogens (tertiary/aromatic N) is 1. The van der Waals surface area contributed by atoms with E-state index in [0.29, 0.717) is 5.56 Å². The van der Waals surface area contributed by atoms with Crippen LogP contribution in [0, 0.1) is 5.82 Å². The molecule has 0 bridgehead atoms. The number of likely N-dealkylation sites (N-methyl/N-ethyl adjacent to an activating group) is 1. The van der Waals surface area contributed by atoms with Crippen LogP contribution in [0.5, 0.6) is 0 Å². The number of nitrogens with one attached hydrogen (secondary N) is 2. The fourth-order valence-electron chi connectivity index (χ4n) is 3.83. The molecule has 140 valence electrons. The van der Waals surface area contributed by atoms with Gasteiger partial charge in [0.2, 0.25) is 5.91 Å². The van der Waals surface area contributed by atoms with Crippen molar-refractivity contribution < 1.29 is 9.18 Å². The second-order valence-corrected chi connectivity index (χ2v) is 7.30. The predicted octanol–water partition coefficient (Wildman–Crippen LogP) is 4.07. The van der Waals surface area contributed by atoms with Crippen molar-refractivity contribution in [2.24, 2.45) is 0 Å². The lowest BCUT2D eigenvalue weighted by molar-refractivity contribution is -0.127. The number of H-pyrrole nitrogens is 1. The van der Waals surface area contributed by atoms with Crippen LogP contribution < -0.4 is 5.32 Å². The van der Waals surface area contributed by atoms with Crippen LogP contribution in [0.3, 0.4) is 0 Å². The number of benzene rings is 2. The summed E-state index contributed by atoms with van der Waals surface area (Å²) < 4.78 is 14.3. The summed E-state index contributed by atoms with van der Waals surface area (Å²) in [5.41, 5.74) is 3.55. The highest BCUT2D eigenvalue weighted by atomic mass is 19.1. The number of rotatable bonds is 4. The fraction of sp³-hybridized carbons (Fsp3) is 0.318. The number of carbonyl (C=O) groups excluding carboxylic acids is 1. The molecule has 1 aromatic heterocycles.